The van der Waals surface area contributed by atoms with Crippen molar-refractivity contribution < 1.29 is 14.5 Å². The van der Waals surface area contributed by atoms with Gasteiger partial charge in [-0.25, -0.2) is 4.79 Å². The van der Waals surface area contributed by atoms with Gasteiger partial charge >= 0.3 is 5.97 Å². The van der Waals surface area contributed by atoms with Gasteiger partial charge in [0.15, 0.2) is 0 Å². The number of nitrogens with one attached hydrogen (secondary N) is 1. The van der Waals surface area contributed by atoms with E-state index in [-0.39, 0.29) is 16.9 Å². The number of esters is 1. The van der Waals surface area contributed by atoms with Gasteiger partial charge < -0.3 is 10.1 Å². The van der Waals surface area contributed by atoms with Crippen LogP contribution in [-0.4, -0.2) is 30.4 Å². The van der Waals surface area contributed by atoms with Gasteiger partial charge in [0.25, 0.3) is 5.69 Å². The zero-order valence-electron chi connectivity index (χ0n) is 9.10. The Balaban J connectivity index is 3.09. The van der Waals surface area contributed by atoms with Crippen molar-refractivity contribution in [2.24, 2.45) is 0 Å². The number of nitro benzene ring substituents is 1. The zero-order chi connectivity index (χ0) is 12.8. The van der Waals surface area contributed by atoms with Crippen LogP contribution in [0.4, 0.5) is 11.4 Å². The molecular weight excluding hydrogens is 248 g/mol. The highest BCUT2D eigenvalue weighted by atomic mass is 35.5. The Morgan fingerprint density at radius 3 is 2.82 bits per heavy atom. The number of carbonyl (C=O) groups is 1. The topological polar surface area (TPSA) is 81.5 Å². The number of nitrogens with zero attached hydrogens (tertiary/aromatic N) is 1. The van der Waals surface area contributed by atoms with Crippen LogP contribution < -0.4 is 5.32 Å². The molecule has 0 atom stereocenters. The van der Waals surface area contributed by atoms with Gasteiger partial charge in [0, 0.05) is 18.5 Å². The van der Waals surface area contributed by atoms with Crippen molar-refractivity contribution in [2.75, 3.05) is 24.9 Å². The second-order valence-corrected chi connectivity index (χ2v) is 3.47. The Hall–Kier alpha value is -1.82. The molecule has 0 amide bonds. The number of hydrogen-bond acceptors (Lipinski definition) is 5. The van der Waals surface area contributed by atoms with E-state index in [1.54, 1.807) is 0 Å². The van der Waals surface area contributed by atoms with Crippen molar-refractivity contribution in [3.8, 4) is 0 Å². The summed E-state index contributed by atoms with van der Waals surface area (Å²) in [5, 5.41) is 13.5. The number of ether oxygens (including phenoxy) is 1. The minimum Gasteiger partial charge on any atom is -0.465 e. The summed E-state index contributed by atoms with van der Waals surface area (Å²) < 4.78 is 4.53. The molecule has 0 spiro atoms. The summed E-state index contributed by atoms with van der Waals surface area (Å²) in [6.45, 7) is 0.368. The standard InChI is InChI=1S/C10H11ClN2O4/c1-17-10(14)7-2-3-9(13(15)16)8(6-7)12-5-4-11/h2-3,6,12H,4-5H2,1H3. The smallest absolute Gasteiger partial charge is 0.337 e. The molecule has 0 heterocycles. The summed E-state index contributed by atoms with van der Waals surface area (Å²) in [7, 11) is 1.25. The van der Waals surface area contributed by atoms with Crippen molar-refractivity contribution in [3.05, 3.63) is 33.9 Å². The molecule has 0 aliphatic heterocycles. The van der Waals surface area contributed by atoms with Gasteiger partial charge in [0.2, 0.25) is 0 Å². The minimum atomic E-state index is -0.547. The molecular formula is C10H11ClN2O4. The number of methoxy groups -OCH3 is 1. The van der Waals surface area contributed by atoms with E-state index in [1.807, 2.05) is 0 Å². The first-order valence-corrected chi connectivity index (χ1v) is 5.30. The van der Waals surface area contributed by atoms with Crippen LogP contribution in [0.2, 0.25) is 0 Å². The van der Waals surface area contributed by atoms with E-state index in [0.717, 1.165) is 0 Å². The lowest BCUT2D eigenvalue weighted by Gasteiger charge is -2.07. The van der Waals surface area contributed by atoms with Gasteiger partial charge in [-0.15, -0.1) is 11.6 Å². The first kappa shape index (κ1) is 13.2. The average molecular weight is 259 g/mol. The lowest BCUT2D eigenvalue weighted by atomic mass is 10.1. The van der Waals surface area contributed by atoms with Crippen molar-refractivity contribution in [1.29, 1.82) is 0 Å². The van der Waals surface area contributed by atoms with Gasteiger partial charge in [-0.3, -0.25) is 10.1 Å². The van der Waals surface area contributed by atoms with Crippen LogP contribution >= 0.6 is 11.6 Å². The summed E-state index contributed by atoms with van der Waals surface area (Å²) in [5.74, 6) is -0.242. The largest absolute Gasteiger partial charge is 0.465 e. The van der Waals surface area contributed by atoms with Gasteiger partial charge in [0.05, 0.1) is 17.6 Å². The summed E-state index contributed by atoms with van der Waals surface area (Å²) in [4.78, 5) is 21.5. The molecule has 0 aromatic heterocycles. The molecule has 1 rings (SSSR count). The number of nitro groups is 1. The molecule has 0 aliphatic carbocycles. The molecule has 0 bridgehead atoms. The van der Waals surface area contributed by atoms with Gasteiger partial charge in [-0.2, -0.15) is 0 Å². The number of hydrogen-bond donors (Lipinski definition) is 1. The molecule has 1 N–H and O–H groups in total. The number of halogens is 1. The van der Waals surface area contributed by atoms with Crippen LogP contribution in [-0.2, 0) is 4.74 Å². The van der Waals surface area contributed by atoms with Gasteiger partial charge in [0.1, 0.15) is 5.69 Å². The van der Waals surface area contributed by atoms with E-state index in [9.17, 15) is 14.9 Å². The molecule has 0 unspecified atom stereocenters. The van der Waals surface area contributed by atoms with Crippen LogP contribution in [0.1, 0.15) is 10.4 Å². The Bertz CT molecular complexity index is 436. The molecule has 0 aliphatic rings. The molecule has 1 aromatic carbocycles. The van der Waals surface area contributed by atoms with Gasteiger partial charge in [-0.1, -0.05) is 0 Å². The molecule has 17 heavy (non-hydrogen) atoms. The Morgan fingerprint density at radius 1 is 1.59 bits per heavy atom. The second kappa shape index (κ2) is 6.05. The van der Waals surface area contributed by atoms with E-state index in [4.69, 9.17) is 11.6 Å². The fraction of sp³-hybridized carbons (Fsp3) is 0.300. The Morgan fingerprint density at radius 2 is 2.29 bits per heavy atom. The average Bonchev–Trinajstić information content (AvgIpc) is 2.34. The third-order valence-electron chi connectivity index (χ3n) is 2.02. The highest BCUT2D eigenvalue weighted by Gasteiger charge is 2.16. The second-order valence-electron chi connectivity index (χ2n) is 3.10. The first-order valence-electron chi connectivity index (χ1n) is 4.76. The van der Waals surface area contributed by atoms with E-state index >= 15 is 0 Å². The maximum Gasteiger partial charge on any atom is 0.337 e. The predicted molar refractivity (Wildman–Crippen MR) is 63.6 cm³/mol. The van der Waals surface area contributed by atoms with Crippen molar-refractivity contribution >= 4 is 28.9 Å². The summed E-state index contributed by atoms with van der Waals surface area (Å²) >= 11 is 5.49. The van der Waals surface area contributed by atoms with Gasteiger partial charge in [-0.05, 0) is 12.1 Å². The molecule has 0 fully saturated rings. The normalized spacial score (nSPS) is 9.76. The summed E-state index contributed by atoms with van der Waals surface area (Å²) in [6.07, 6.45) is 0. The third kappa shape index (κ3) is 3.32. The van der Waals surface area contributed by atoms with Crippen LogP contribution in [0, 0.1) is 10.1 Å². The summed E-state index contributed by atoms with van der Waals surface area (Å²) in [6, 6.07) is 3.97. The minimum absolute atomic E-state index is 0.109. The van der Waals surface area contributed by atoms with E-state index in [2.05, 4.69) is 10.1 Å². The quantitative estimate of drug-likeness (QED) is 0.378. The van der Waals surface area contributed by atoms with Crippen molar-refractivity contribution in [2.45, 2.75) is 0 Å². The van der Waals surface area contributed by atoms with E-state index < -0.39 is 10.9 Å². The number of benzene rings is 1. The molecule has 6 nitrogen and oxygen atoms in total. The van der Waals surface area contributed by atoms with E-state index in [0.29, 0.717) is 12.4 Å². The third-order valence-corrected chi connectivity index (χ3v) is 2.21. The number of rotatable bonds is 5. The zero-order valence-corrected chi connectivity index (χ0v) is 9.86. The number of carbonyl (C=O) groups excluding carboxylic acids is 1. The lowest BCUT2D eigenvalue weighted by Crippen LogP contribution is -2.08. The fourth-order valence-corrected chi connectivity index (χ4v) is 1.36. The van der Waals surface area contributed by atoms with Crippen LogP contribution in [0.5, 0.6) is 0 Å². The maximum atomic E-state index is 11.3. The van der Waals surface area contributed by atoms with Crippen LogP contribution in [0.15, 0.2) is 18.2 Å². The Kier molecular flexibility index (Phi) is 4.71. The number of anilines is 1. The molecule has 0 saturated heterocycles. The van der Waals surface area contributed by atoms with Crippen LogP contribution in [0.3, 0.4) is 0 Å². The van der Waals surface area contributed by atoms with Crippen molar-refractivity contribution in [1.82, 2.24) is 0 Å². The molecule has 0 radical (unpaired) electrons. The van der Waals surface area contributed by atoms with Crippen molar-refractivity contribution in [3.63, 3.8) is 0 Å². The van der Waals surface area contributed by atoms with Crippen LogP contribution in [0.25, 0.3) is 0 Å². The number of alkyl halides is 1. The SMILES string of the molecule is COC(=O)c1ccc([N+](=O)[O-])c(NCCCl)c1. The fourth-order valence-electron chi connectivity index (χ4n) is 1.26. The predicted octanol–water partition coefficient (Wildman–Crippen LogP) is 2.03. The maximum absolute atomic E-state index is 11.3. The molecule has 92 valence electrons. The lowest BCUT2D eigenvalue weighted by molar-refractivity contribution is -0.384. The highest BCUT2D eigenvalue weighted by molar-refractivity contribution is 6.18. The molecule has 1 aromatic rings. The first-order chi connectivity index (χ1) is 8.10. The van der Waals surface area contributed by atoms with E-state index in [1.165, 1.54) is 25.3 Å². The summed E-state index contributed by atoms with van der Waals surface area (Å²) in [5.41, 5.74) is 0.386. The highest BCUT2D eigenvalue weighted by Crippen LogP contribution is 2.25. The Labute approximate surface area is 103 Å². The molecule has 7 heteroatoms. The molecule has 0 saturated carbocycles. The monoisotopic (exact) mass is 258 g/mol.